The molecular formula is C24H19N5OS. The maximum Gasteiger partial charge on any atom is 0.261 e. The molecule has 0 bridgehead atoms. The SMILES string of the molecule is O=C(N[C@H](Cc1ccccc1)c1nc(-c2ccncc2)n[nH]1)c1cc2ccccc2s1. The van der Waals surface area contributed by atoms with E-state index in [-0.39, 0.29) is 11.9 Å². The van der Waals surface area contributed by atoms with Crippen LogP contribution in [0.2, 0.25) is 0 Å². The van der Waals surface area contributed by atoms with Crippen molar-refractivity contribution < 1.29 is 4.79 Å². The number of aromatic amines is 1. The van der Waals surface area contributed by atoms with Gasteiger partial charge in [-0.3, -0.25) is 14.9 Å². The predicted molar refractivity (Wildman–Crippen MR) is 122 cm³/mol. The third-order valence-electron chi connectivity index (χ3n) is 5.01. The Hall–Kier alpha value is -3.84. The Balaban J connectivity index is 1.44. The molecule has 0 saturated carbocycles. The van der Waals surface area contributed by atoms with E-state index in [0.717, 1.165) is 21.2 Å². The van der Waals surface area contributed by atoms with Gasteiger partial charge in [-0.05, 0) is 41.6 Å². The van der Waals surface area contributed by atoms with Gasteiger partial charge in [0.1, 0.15) is 5.82 Å². The van der Waals surface area contributed by atoms with Crippen LogP contribution < -0.4 is 5.32 Å². The van der Waals surface area contributed by atoms with Gasteiger partial charge in [0, 0.05) is 22.7 Å². The maximum atomic E-state index is 13.1. The standard InChI is InChI=1S/C24H19N5OS/c30-24(21-15-18-8-4-5-9-20(18)31-21)26-19(14-16-6-2-1-3-7-16)23-27-22(28-29-23)17-10-12-25-13-11-17/h1-13,15,19H,14H2,(H,26,30)(H,27,28,29)/t19-/m1/s1. The lowest BCUT2D eigenvalue weighted by Gasteiger charge is -2.16. The van der Waals surface area contributed by atoms with Crippen molar-refractivity contribution in [1.29, 1.82) is 0 Å². The highest BCUT2D eigenvalue weighted by Gasteiger charge is 2.21. The van der Waals surface area contributed by atoms with Crippen molar-refractivity contribution in [1.82, 2.24) is 25.5 Å². The molecule has 0 fully saturated rings. The summed E-state index contributed by atoms with van der Waals surface area (Å²) >= 11 is 1.49. The van der Waals surface area contributed by atoms with Crippen molar-refractivity contribution in [3.8, 4) is 11.4 Å². The second-order valence-corrected chi connectivity index (χ2v) is 8.23. The molecule has 3 heterocycles. The summed E-state index contributed by atoms with van der Waals surface area (Å²) in [4.78, 5) is 22.5. The molecule has 0 radical (unpaired) electrons. The number of nitrogens with one attached hydrogen (secondary N) is 2. The van der Waals surface area contributed by atoms with E-state index in [1.807, 2.05) is 72.8 Å². The van der Waals surface area contributed by atoms with Crippen LogP contribution in [0.25, 0.3) is 21.5 Å². The van der Waals surface area contributed by atoms with Crippen molar-refractivity contribution in [2.75, 3.05) is 0 Å². The second kappa shape index (κ2) is 8.49. The lowest BCUT2D eigenvalue weighted by atomic mass is 10.1. The fraction of sp³-hybridized carbons (Fsp3) is 0.0833. The van der Waals surface area contributed by atoms with Crippen LogP contribution in [0.5, 0.6) is 0 Å². The first-order chi connectivity index (χ1) is 15.3. The summed E-state index contributed by atoms with van der Waals surface area (Å²) in [5.74, 6) is 1.07. The molecule has 3 aromatic heterocycles. The zero-order valence-electron chi connectivity index (χ0n) is 16.5. The first-order valence-electron chi connectivity index (χ1n) is 9.92. The number of pyridine rings is 1. The molecule has 0 aliphatic carbocycles. The van der Waals surface area contributed by atoms with Gasteiger partial charge >= 0.3 is 0 Å². The van der Waals surface area contributed by atoms with E-state index in [2.05, 4.69) is 25.5 Å². The van der Waals surface area contributed by atoms with Gasteiger partial charge in [-0.1, -0.05) is 48.5 Å². The molecule has 6 nitrogen and oxygen atoms in total. The fourth-order valence-electron chi connectivity index (χ4n) is 3.45. The molecule has 0 saturated heterocycles. The van der Waals surface area contributed by atoms with Gasteiger partial charge in [0.2, 0.25) is 0 Å². The average molecular weight is 426 g/mol. The Labute approximate surface area is 183 Å². The lowest BCUT2D eigenvalue weighted by Crippen LogP contribution is -2.30. The van der Waals surface area contributed by atoms with E-state index in [0.29, 0.717) is 22.9 Å². The number of hydrogen-bond acceptors (Lipinski definition) is 5. The third-order valence-corrected chi connectivity index (χ3v) is 6.12. The van der Waals surface area contributed by atoms with Crippen LogP contribution in [0.4, 0.5) is 0 Å². The number of carbonyl (C=O) groups excluding carboxylic acids is 1. The molecule has 2 aromatic carbocycles. The van der Waals surface area contributed by atoms with Crippen LogP contribution >= 0.6 is 11.3 Å². The Kier molecular flexibility index (Phi) is 5.24. The summed E-state index contributed by atoms with van der Waals surface area (Å²) in [5, 5.41) is 11.6. The highest BCUT2D eigenvalue weighted by molar-refractivity contribution is 7.20. The van der Waals surface area contributed by atoms with Gasteiger partial charge in [0.25, 0.3) is 5.91 Å². The van der Waals surface area contributed by atoms with Crippen molar-refractivity contribution in [3.63, 3.8) is 0 Å². The van der Waals surface area contributed by atoms with Gasteiger partial charge in [-0.15, -0.1) is 11.3 Å². The van der Waals surface area contributed by atoms with E-state index >= 15 is 0 Å². The van der Waals surface area contributed by atoms with Crippen LogP contribution in [0.3, 0.4) is 0 Å². The van der Waals surface area contributed by atoms with E-state index in [4.69, 9.17) is 0 Å². The molecule has 1 amide bonds. The van der Waals surface area contributed by atoms with Crippen LogP contribution in [0.1, 0.15) is 27.1 Å². The molecule has 0 spiro atoms. The normalized spacial score (nSPS) is 12.0. The van der Waals surface area contributed by atoms with Crippen molar-refractivity contribution in [2.45, 2.75) is 12.5 Å². The van der Waals surface area contributed by atoms with Crippen molar-refractivity contribution >= 4 is 27.3 Å². The fourth-order valence-corrected chi connectivity index (χ4v) is 4.42. The molecule has 0 unspecified atom stereocenters. The predicted octanol–water partition coefficient (Wildman–Crippen LogP) is 4.80. The number of thiophene rings is 1. The summed E-state index contributed by atoms with van der Waals surface area (Å²) < 4.78 is 1.09. The number of amides is 1. The van der Waals surface area contributed by atoms with Gasteiger partial charge < -0.3 is 5.32 Å². The maximum absolute atomic E-state index is 13.1. The highest BCUT2D eigenvalue weighted by atomic mass is 32.1. The summed E-state index contributed by atoms with van der Waals surface area (Å²) in [7, 11) is 0. The minimum atomic E-state index is -0.344. The molecular weight excluding hydrogens is 406 g/mol. The number of aromatic nitrogens is 4. The zero-order valence-corrected chi connectivity index (χ0v) is 17.3. The van der Waals surface area contributed by atoms with Gasteiger partial charge in [-0.2, -0.15) is 5.10 Å². The summed E-state index contributed by atoms with van der Waals surface area (Å²) in [6, 6.07) is 23.3. The largest absolute Gasteiger partial charge is 0.341 e. The van der Waals surface area contributed by atoms with Crippen LogP contribution in [0.15, 0.2) is 85.2 Å². The molecule has 152 valence electrons. The highest BCUT2D eigenvalue weighted by Crippen LogP contribution is 2.26. The van der Waals surface area contributed by atoms with Crippen LogP contribution in [0, 0.1) is 0 Å². The topological polar surface area (TPSA) is 83.6 Å². The number of benzene rings is 2. The number of rotatable bonds is 6. The quantitative estimate of drug-likeness (QED) is 0.409. The Morgan fingerprint density at radius 2 is 1.77 bits per heavy atom. The number of fused-ring (bicyclic) bond motifs is 1. The van der Waals surface area contributed by atoms with Gasteiger partial charge in [-0.25, -0.2) is 4.98 Å². The molecule has 2 N–H and O–H groups in total. The molecule has 0 aliphatic rings. The number of hydrogen-bond donors (Lipinski definition) is 2. The summed E-state index contributed by atoms with van der Waals surface area (Å²) in [6.07, 6.45) is 4.01. The molecule has 1 atom stereocenters. The third kappa shape index (κ3) is 4.22. The first-order valence-corrected chi connectivity index (χ1v) is 10.7. The number of nitrogens with zero attached hydrogens (tertiary/aromatic N) is 3. The monoisotopic (exact) mass is 425 g/mol. The number of H-pyrrole nitrogens is 1. The second-order valence-electron chi connectivity index (χ2n) is 7.14. The minimum absolute atomic E-state index is 0.121. The summed E-state index contributed by atoms with van der Waals surface area (Å²) in [5.41, 5.74) is 1.97. The van der Waals surface area contributed by atoms with Crippen molar-refractivity contribution in [3.05, 3.63) is 101 Å². The zero-order chi connectivity index (χ0) is 21.0. The molecule has 7 heteroatoms. The Morgan fingerprint density at radius 3 is 2.58 bits per heavy atom. The Bertz CT molecular complexity index is 1280. The molecule has 5 aromatic rings. The van der Waals surface area contributed by atoms with E-state index < -0.39 is 0 Å². The molecule has 0 aliphatic heterocycles. The first kappa shape index (κ1) is 19.1. The Morgan fingerprint density at radius 1 is 1.00 bits per heavy atom. The van der Waals surface area contributed by atoms with Crippen LogP contribution in [-0.2, 0) is 6.42 Å². The number of carbonyl (C=O) groups is 1. The lowest BCUT2D eigenvalue weighted by molar-refractivity contribution is 0.0939. The van der Waals surface area contributed by atoms with Gasteiger partial charge in [0.05, 0.1) is 10.9 Å². The van der Waals surface area contributed by atoms with Crippen molar-refractivity contribution in [2.24, 2.45) is 0 Å². The van der Waals surface area contributed by atoms with E-state index in [1.54, 1.807) is 12.4 Å². The smallest absolute Gasteiger partial charge is 0.261 e. The average Bonchev–Trinajstić information content (AvgIpc) is 3.48. The van der Waals surface area contributed by atoms with E-state index in [9.17, 15) is 4.79 Å². The summed E-state index contributed by atoms with van der Waals surface area (Å²) in [6.45, 7) is 0. The molecule has 5 rings (SSSR count). The van der Waals surface area contributed by atoms with Crippen LogP contribution in [-0.4, -0.2) is 26.1 Å². The minimum Gasteiger partial charge on any atom is -0.341 e. The van der Waals surface area contributed by atoms with Gasteiger partial charge in [0.15, 0.2) is 5.82 Å². The molecule has 31 heavy (non-hydrogen) atoms. The van der Waals surface area contributed by atoms with E-state index in [1.165, 1.54) is 11.3 Å².